The number of nitrogens with zero attached hydrogens (tertiary/aromatic N) is 5. The fourth-order valence-electron chi connectivity index (χ4n) is 7.56. The van der Waals surface area contributed by atoms with Gasteiger partial charge in [-0.25, -0.2) is 14.2 Å². The molecule has 1 saturated heterocycles. The smallest absolute Gasteiger partial charge is 0.409 e. The van der Waals surface area contributed by atoms with E-state index in [1.165, 1.54) is 6.33 Å². The van der Waals surface area contributed by atoms with Crippen LogP contribution in [0.4, 0.5) is 5.95 Å². The number of rotatable bonds is 19. The third-order valence-corrected chi connectivity index (χ3v) is 12.9. The summed E-state index contributed by atoms with van der Waals surface area (Å²) in [6, 6.07) is 26.5. The zero-order valence-electron chi connectivity index (χ0n) is 35.7. The number of hydrogen-bond acceptors (Lipinski definition) is 12. The third kappa shape index (κ3) is 9.73. The summed E-state index contributed by atoms with van der Waals surface area (Å²) in [5.41, 5.74) is 0.778. The second kappa shape index (κ2) is 19.5. The molecule has 2 N–H and O–H groups in total. The molecular weight excluding hydrogens is 801 g/mol. The number of carbonyl (C=O) groups is 1. The summed E-state index contributed by atoms with van der Waals surface area (Å²) < 4.78 is 56.3. The summed E-state index contributed by atoms with van der Waals surface area (Å²) in [7, 11) is -0.922. The molecule has 16 nitrogen and oxygen atoms in total. The van der Waals surface area contributed by atoms with E-state index in [4.69, 9.17) is 28.0 Å². The third-order valence-electron chi connectivity index (χ3n) is 10.4. The van der Waals surface area contributed by atoms with Crippen LogP contribution in [0.25, 0.3) is 11.2 Å². The van der Waals surface area contributed by atoms with Crippen LogP contribution in [0.15, 0.2) is 90.0 Å². The largest absolute Gasteiger partial charge is 0.497 e. The molecule has 0 aliphatic carbocycles. The number of amides is 1. The topological polar surface area (TPSA) is 192 Å². The van der Waals surface area contributed by atoms with Crippen molar-refractivity contribution in [1.29, 1.82) is 5.26 Å². The number of carbonyl (C=O) groups excluding carboxylic acids is 1. The van der Waals surface area contributed by atoms with Crippen LogP contribution in [-0.4, -0.2) is 81.8 Å². The summed E-state index contributed by atoms with van der Waals surface area (Å²) in [5, 5.41) is 12.0. The van der Waals surface area contributed by atoms with Crippen molar-refractivity contribution in [2.45, 2.75) is 90.5 Å². The maximum atomic E-state index is 15.1. The first-order valence-corrected chi connectivity index (χ1v) is 21.7. The highest BCUT2D eigenvalue weighted by molar-refractivity contribution is 7.51. The fourth-order valence-corrected chi connectivity index (χ4v) is 9.88. The molecule has 1 fully saturated rings. The molecule has 6 rings (SSSR count). The van der Waals surface area contributed by atoms with E-state index in [2.05, 4.69) is 26.3 Å². The maximum absolute atomic E-state index is 15.1. The van der Waals surface area contributed by atoms with Crippen molar-refractivity contribution in [3.05, 3.63) is 112 Å². The van der Waals surface area contributed by atoms with Gasteiger partial charge in [-0.2, -0.15) is 10.2 Å². The first-order chi connectivity index (χ1) is 29.2. The monoisotopic (exact) mass is 855 g/mol. The Hall–Kier alpha value is -5.40. The minimum absolute atomic E-state index is 0.00600. The van der Waals surface area contributed by atoms with Crippen molar-refractivity contribution in [2.24, 2.45) is 5.92 Å². The highest BCUT2D eigenvalue weighted by Crippen LogP contribution is 2.57. The highest BCUT2D eigenvalue weighted by Gasteiger charge is 2.48. The molecule has 1 amide bonds. The summed E-state index contributed by atoms with van der Waals surface area (Å²) in [4.78, 5) is 37.3. The lowest BCUT2D eigenvalue weighted by atomic mass is 9.80. The average Bonchev–Trinajstić information content (AvgIpc) is 3.85. The highest BCUT2D eigenvalue weighted by atomic mass is 31.2. The van der Waals surface area contributed by atoms with Gasteiger partial charge in [0.15, 0.2) is 11.2 Å². The number of aromatic amines is 1. The van der Waals surface area contributed by atoms with E-state index in [0.717, 1.165) is 16.7 Å². The molecule has 3 aromatic carbocycles. The number of aromatic nitrogens is 4. The Kier molecular flexibility index (Phi) is 14.5. The lowest BCUT2D eigenvalue weighted by Crippen LogP contribution is -2.40. The number of benzene rings is 3. The van der Waals surface area contributed by atoms with E-state index in [0.29, 0.717) is 11.5 Å². The van der Waals surface area contributed by atoms with Crippen molar-refractivity contribution in [1.82, 2.24) is 24.2 Å². The molecule has 0 bridgehead atoms. The van der Waals surface area contributed by atoms with Crippen molar-refractivity contribution in [3.63, 3.8) is 0 Å². The number of H-pyrrole nitrogens is 1. The Morgan fingerprint density at radius 1 is 0.967 bits per heavy atom. The number of imidazole rings is 1. The maximum Gasteiger partial charge on any atom is 0.409 e. The molecule has 2 aromatic heterocycles. The lowest BCUT2D eigenvalue weighted by molar-refractivity contribution is -0.118. The minimum Gasteiger partial charge on any atom is -0.497 e. The second-order valence-electron chi connectivity index (χ2n) is 15.5. The van der Waals surface area contributed by atoms with Crippen LogP contribution in [0.5, 0.6) is 11.5 Å². The predicted molar refractivity (Wildman–Crippen MR) is 229 cm³/mol. The van der Waals surface area contributed by atoms with Crippen molar-refractivity contribution in [2.75, 3.05) is 32.8 Å². The van der Waals surface area contributed by atoms with Gasteiger partial charge >= 0.3 is 7.75 Å². The summed E-state index contributed by atoms with van der Waals surface area (Å²) in [5.74, 6) is 0.572. The van der Waals surface area contributed by atoms with Crippen LogP contribution in [0.1, 0.15) is 77.3 Å². The van der Waals surface area contributed by atoms with Gasteiger partial charge in [-0.05, 0) is 68.7 Å². The zero-order valence-corrected chi connectivity index (χ0v) is 36.6. The van der Waals surface area contributed by atoms with Crippen molar-refractivity contribution in [3.8, 4) is 17.6 Å². The Morgan fingerprint density at radius 2 is 1.56 bits per heavy atom. The minimum atomic E-state index is -4.13. The Balaban J connectivity index is 1.47. The fraction of sp³-hybridized carbons (Fsp3) is 0.432. The number of anilines is 1. The van der Waals surface area contributed by atoms with Crippen molar-refractivity contribution >= 4 is 30.8 Å². The van der Waals surface area contributed by atoms with E-state index in [9.17, 15) is 14.9 Å². The van der Waals surface area contributed by atoms with Crippen LogP contribution in [0.2, 0.25) is 0 Å². The van der Waals surface area contributed by atoms with Crippen LogP contribution < -0.4 is 20.3 Å². The zero-order chi connectivity index (χ0) is 43.9. The van der Waals surface area contributed by atoms with Gasteiger partial charge in [0.1, 0.15) is 35.5 Å². The first-order valence-electron chi connectivity index (χ1n) is 20.2. The van der Waals surface area contributed by atoms with Gasteiger partial charge < -0.3 is 18.9 Å². The van der Waals surface area contributed by atoms with Gasteiger partial charge in [0.2, 0.25) is 11.9 Å². The molecule has 3 heterocycles. The average molecular weight is 856 g/mol. The Labute approximate surface area is 355 Å². The van der Waals surface area contributed by atoms with Gasteiger partial charge in [0.25, 0.3) is 5.56 Å². The molecule has 5 aromatic rings. The number of nitrogens with one attached hydrogen (secondary N) is 2. The van der Waals surface area contributed by atoms with Crippen LogP contribution in [0, 0.1) is 17.2 Å². The standard InChI is InChI=1S/C44H54N7O9P/c1-28(2)41(52)48-43-47-40-39(42(53)49-43)46-27-50(40)38-25-36(60-61(54,58-24-12-23-45)51(29(3)4)30(5)6)37(59-38)26-57-44(31-13-10-9-11-14-31,32-15-19-34(55-7)20-16-32)33-17-21-35(56-8)22-18-33/h9-11,13-22,27-30,36-38H,12,24-26H2,1-8H3,(H2,47,48,49,52,53)/t36-,37+,38+,61?/m0/s1. The van der Waals surface area contributed by atoms with Gasteiger partial charge in [0.05, 0.1) is 46.3 Å². The molecule has 1 unspecified atom stereocenters. The Morgan fingerprint density at radius 3 is 2.10 bits per heavy atom. The normalized spacial score (nSPS) is 17.9. The number of ether oxygens (including phenoxy) is 4. The van der Waals surface area contributed by atoms with E-state index < -0.39 is 37.3 Å². The van der Waals surface area contributed by atoms with Crippen LogP contribution >= 0.6 is 7.75 Å². The summed E-state index contributed by atoms with van der Waals surface area (Å²) in [6.45, 7) is 10.8. The molecular formula is C44H54N7O9P. The van der Waals surface area contributed by atoms with Gasteiger partial charge in [-0.3, -0.25) is 33.5 Å². The molecule has 0 radical (unpaired) electrons. The SMILES string of the molecule is COc1ccc(C(OC[C@H]2O[C@@H](n3cnc4c(=O)[nH]c(NC(=O)C(C)C)nc43)C[C@@H]2OP(=O)(OCCC#N)N(C(C)C)C(C)C)(c2ccccc2)c2ccc(OC)cc2)cc1. The number of hydrogen-bond donors (Lipinski definition) is 2. The van der Waals surface area contributed by atoms with E-state index >= 15 is 4.57 Å². The number of fused-ring (bicyclic) bond motifs is 1. The quantitative estimate of drug-likeness (QED) is 0.0470. The molecule has 0 spiro atoms. The van der Waals surface area contributed by atoms with Gasteiger partial charge in [-0.15, -0.1) is 0 Å². The lowest BCUT2D eigenvalue weighted by Gasteiger charge is -2.39. The molecule has 0 saturated carbocycles. The number of nitriles is 1. The predicted octanol–water partition coefficient (Wildman–Crippen LogP) is 7.57. The molecule has 1 aliphatic heterocycles. The molecule has 61 heavy (non-hydrogen) atoms. The molecule has 1 aliphatic rings. The van der Waals surface area contributed by atoms with Crippen molar-refractivity contribution < 1.29 is 37.4 Å². The van der Waals surface area contributed by atoms with Gasteiger partial charge in [0, 0.05) is 24.4 Å². The molecule has 324 valence electrons. The first kappa shape index (κ1) is 45.1. The molecule has 4 atom stereocenters. The van der Waals surface area contributed by atoms with Gasteiger partial charge in [-0.1, -0.05) is 68.4 Å². The van der Waals surface area contributed by atoms with Crippen LogP contribution in [0.3, 0.4) is 0 Å². The molecule has 17 heteroatoms. The summed E-state index contributed by atoms with van der Waals surface area (Å²) >= 11 is 0. The van der Waals surface area contributed by atoms with E-state index in [1.54, 1.807) is 37.3 Å². The number of methoxy groups -OCH3 is 2. The Bertz CT molecular complexity index is 2340. The van der Waals surface area contributed by atoms with E-state index in [-0.39, 0.29) is 67.1 Å². The van der Waals surface area contributed by atoms with E-state index in [1.807, 2.05) is 107 Å². The second-order valence-corrected chi connectivity index (χ2v) is 17.4. The summed E-state index contributed by atoms with van der Waals surface area (Å²) in [6.07, 6.45) is -1.17. The van der Waals surface area contributed by atoms with Crippen LogP contribution in [-0.2, 0) is 33.5 Å².